The van der Waals surface area contributed by atoms with E-state index >= 15 is 0 Å². The molecule has 1 saturated heterocycles. The van der Waals surface area contributed by atoms with Crippen molar-refractivity contribution in [3.8, 4) is 0 Å². The van der Waals surface area contributed by atoms with Crippen molar-refractivity contribution in [2.24, 2.45) is 11.3 Å². The van der Waals surface area contributed by atoms with Crippen molar-refractivity contribution in [1.29, 1.82) is 0 Å². The highest BCUT2D eigenvalue weighted by Crippen LogP contribution is 2.34. The van der Waals surface area contributed by atoms with E-state index in [1.165, 1.54) is 31.5 Å². The Morgan fingerprint density at radius 2 is 1.87 bits per heavy atom. The molecule has 1 aliphatic rings. The van der Waals surface area contributed by atoms with E-state index in [1.54, 1.807) is 0 Å². The Bertz CT molecular complexity index is 298. The van der Waals surface area contributed by atoms with Gasteiger partial charge in [0.15, 0.2) is 0 Å². The first kappa shape index (κ1) is 10.7. The molecule has 0 unspecified atom stereocenters. The molecule has 1 nitrogen and oxygen atoms in total. The van der Waals surface area contributed by atoms with Crippen molar-refractivity contribution >= 4 is 0 Å². The van der Waals surface area contributed by atoms with E-state index in [9.17, 15) is 0 Å². The molecule has 0 aromatic heterocycles. The maximum Gasteiger partial charge on any atom is 0.00235 e. The molecule has 0 aliphatic carbocycles. The summed E-state index contributed by atoms with van der Waals surface area (Å²) in [7, 11) is 0. The van der Waals surface area contributed by atoms with E-state index in [4.69, 9.17) is 0 Å². The van der Waals surface area contributed by atoms with Crippen LogP contribution in [-0.4, -0.2) is 13.1 Å². The van der Waals surface area contributed by atoms with Crippen molar-refractivity contribution in [3.63, 3.8) is 0 Å². The maximum atomic E-state index is 3.43. The van der Waals surface area contributed by atoms with Crippen molar-refractivity contribution in [2.45, 2.75) is 26.7 Å². The molecule has 1 aromatic rings. The number of hydrogen-bond donors (Lipinski definition) is 1. The Balaban J connectivity index is 2.02. The largest absolute Gasteiger partial charge is 0.316 e. The van der Waals surface area contributed by atoms with Gasteiger partial charge in [0, 0.05) is 13.1 Å². The lowest BCUT2D eigenvalue weighted by Crippen LogP contribution is -2.55. The highest BCUT2D eigenvalue weighted by atomic mass is 15.0. The lowest BCUT2D eigenvalue weighted by Gasteiger charge is -2.44. The number of benzene rings is 1. The van der Waals surface area contributed by atoms with Crippen LogP contribution in [0.2, 0.25) is 0 Å². The first-order valence-corrected chi connectivity index (χ1v) is 5.95. The fourth-order valence-electron chi connectivity index (χ4n) is 2.71. The Morgan fingerprint density at radius 1 is 1.20 bits per heavy atom. The Labute approximate surface area is 92.9 Å². The van der Waals surface area contributed by atoms with E-state index in [0.717, 1.165) is 5.92 Å². The van der Waals surface area contributed by atoms with Crippen LogP contribution in [0.4, 0.5) is 0 Å². The van der Waals surface area contributed by atoms with Gasteiger partial charge in [-0.1, -0.05) is 44.2 Å². The van der Waals surface area contributed by atoms with Gasteiger partial charge < -0.3 is 5.32 Å². The van der Waals surface area contributed by atoms with Gasteiger partial charge in [-0.2, -0.15) is 0 Å². The predicted molar refractivity (Wildman–Crippen MR) is 64.9 cm³/mol. The van der Waals surface area contributed by atoms with Gasteiger partial charge in [-0.15, -0.1) is 0 Å². The lowest BCUT2D eigenvalue weighted by molar-refractivity contribution is 0.131. The van der Waals surface area contributed by atoms with Crippen LogP contribution in [0.15, 0.2) is 30.3 Å². The van der Waals surface area contributed by atoms with Gasteiger partial charge in [0.05, 0.1) is 0 Å². The minimum atomic E-state index is 0.537. The average molecular weight is 203 g/mol. The van der Waals surface area contributed by atoms with Crippen LogP contribution in [0.25, 0.3) is 0 Å². The van der Waals surface area contributed by atoms with E-state index in [-0.39, 0.29) is 0 Å². The molecule has 1 heteroatoms. The zero-order chi connectivity index (χ0) is 10.7. The molecule has 0 bridgehead atoms. The molecule has 1 heterocycles. The first-order chi connectivity index (χ1) is 7.20. The molecule has 0 radical (unpaired) electrons. The molecule has 2 rings (SSSR count). The molecular weight excluding hydrogens is 182 g/mol. The van der Waals surface area contributed by atoms with Crippen LogP contribution in [-0.2, 0) is 6.42 Å². The van der Waals surface area contributed by atoms with Crippen LogP contribution < -0.4 is 5.32 Å². The summed E-state index contributed by atoms with van der Waals surface area (Å²) in [6, 6.07) is 10.9. The quantitative estimate of drug-likeness (QED) is 0.793. The first-order valence-electron chi connectivity index (χ1n) is 5.95. The predicted octanol–water partition coefficient (Wildman–Crippen LogP) is 2.86. The standard InChI is InChI=1S/C14H21N/c1-12(2)8-14(10-15-11-14)9-13-6-4-3-5-7-13/h3-7,12,15H,8-11H2,1-2H3. The van der Waals surface area contributed by atoms with Crippen LogP contribution in [0, 0.1) is 11.3 Å². The summed E-state index contributed by atoms with van der Waals surface area (Å²) >= 11 is 0. The summed E-state index contributed by atoms with van der Waals surface area (Å²) in [6.45, 7) is 7.04. The van der Waals surface area contributed by atoms with Crippen LogP contribution >= 0.6 is 0 Å². The fourth-order valence-corrected chi connectivity index (χ4v) is 2.71. The SMILES string of the molecule is CC(C)CC1(Cc2ccccc2)CNC1. The Kier molecular flexibility index (Phi) is 3.11. The van der Waals surface area contributed by atoms with Gasteiger partial charge in [0.25, 0.3) is 0 Å². The average Bonchev–Trinajstić information content (AvgIpc) is 2.15. The highest BCUT2D eigenvalue weighted by molar-refractivity contribution is 5.18. The minimum Gasteiger partial charge on any atom is -0.316 e. The van der Waals surface area contributed by atoms with Gasteiger partial charge in [0.2, 0.25) is 0 Å². The zero-order valence-electron chi connectivity index (χ0n) is 9.79. The number of nitrogens with one attached hydrogen (secondary N) is 1. The van der Waals surface area contributed by atoms with Crippen molar-refractivity contribution in [1.82, 2.24) is 5.32 Å². The zero-order valence-corrected chi connectivity index (χ0v) is 9.79. The van der Waals surface area contributed by atoms with Crippen LogP contribution in [0.5, 0.6) is 0 Å². The van der Waals surface area contributed by atoms with Crippen LogP contribution in [0.3, 0.4) is 0 Å². The summed E-state index contributed by atoms with van der Waals surface area (Å²) in [5.74, 6) is 0.802. The van der Waals surface area contributed by atoms with E-state index < -0.39 is 0 Å². The van der Waals surface area contributed by atoms with Gasteiger partial charge in [-0.25, -0.2) is 0 Å². The molecular formula is C14H21N. The summed E-state index contributed by atoms with van der Waals surface area (Å²) in [4.78, 5) is 0. The normalized spacial score (nSPS) is 18.9. The topological polar surface area (TPSA) is 12.0 Å². The maximum absolute atomic E-state index is 3.43. The second-order valence-corrected chi connectivity index (χ2v) is 5.36. The lowest BCUT2D eigenvalue weighted by atomic mass is 9.71. The Hall–Kier alpha value is -0.820. The third-order valence-electron chi connectivity index (χ3n) is 3.26. The molecule has 82 valence electrons. The molecule has 1 N–H and O–H groups in total. The minimum absolute atomic E-state index is 0.537. The Morgan fingerprint density at radius 3 is 2.33 bits per heavy atom. The second-order valence-electron chi connectivity index (χ2n) is 5.36. The molecule has 15 heavy (non-hydrogen) atoms. The highest BCUT2D eigenvalue weighted by Gasteiger charge is 2.37. The summed E-state index contributed by atoms with van der Waals surface area (Å²) in [6.07, 6.45) is 2.58. The molecule has 1 aromatic carbocycles. The molecule has 0 spiro atoms. The second kappa shape index (κ2) is 4.36. The third-order valence-corrected chi connectivity index (χ3v) is 3.26. The van der Waals surface area contributed by atoms with E-state index in [2.05, 4.69) is 49.5 Å². The van der Waals surface area contributed by atoms with Crippen molar-refractivity contribution < 1.29 is 0 Å². The van der Waals surface area contributed by atoms with Crippen molar-refractivity contribution in [3.05, 3.63) is 35.9 Å². The monoisotopic (exact) mass is 203 g/mol. The molecule has 0 amide bonds. The molecule has 1 fully saturated rings. The number of rotatable bonds is 4. The van der Waals surface area contributed by atoms with Gasteiger partial charge >= 0.3 is 0 Å². The molecule has 1 aliphatic heterocycles. The van der Waals surface area contributed by atoms with Crippen LogP contribution in [0.1, 0.15) is 25.8 Å². The van der Waals surface area contributed by atoms with Crippen molar-refractivity contribution in [2.75, 3.05) is 13.1 Å². The summed E-state index contributed by atoms with van der Waals surface area (Å²) in [5.41, 5.74) is 2.02. The van der Waals surface area contributed by atoms with Gasteiger partial charge in [-0.3, -0.25) is 0 Å². The smallest absolute Gasteiger partial charge is 0.00235 e. The van der Waals surface area contributed by atoms with Gasteiger partial charge in [-0.05, 0) is 29.7 Å². The van der Waals surface area contributed by atoms with E-state index in [1.807, 2.05) is 0 Å². The van der Waals surface area contributed by atoms with E-state index in [0.29, 0.717) is 5.41 Å². The molecule has 0 atom stereocenters. The van der Waals surface area contributed by atoms with Gasteiger partial charge in [0.1, 0.15) is 0 Å². The molecule has 0 saturated carbocycles. The number of hydrogen-bond acceptors (Lipinski definition) is 1. The third kappa shape index (κ3) is 2.60. The summed E-state index contributed by atoms with van der Waals surface area (Å²) in [5, 5.41) is 3.43. The fraction of sp³-hybridized carbons (Fsp3) is 0.571. The summed E-state index contributed by atoms with van der Waals surface area (Å²) < 4.78 is 0.